The summed E-state index contributed by atoms with van der Waals surface area (Å²) in [7, 11) is 0. The maximum Gasteiger partial charge on any atom is 0.242 e. The van der Waals surface area contributed by atoms with Gasteiger partial charge in [0.15, 0.2) is 0 Å². The van der Waals surface area contributed by atoms with E-state index in [4.69, 9.17) is 27.9 Å². The molecule has 6 nitrogen and oxygen atoms in total. The summed E-state index contributed by atoms with van der Waals surface area (Å²) in [5.74, 6) is 0.379. The Labute approximate surface area is 186 Å². The summed E-state index contributed by atoms with van der Waals surface area (Å²) in [5.41, 5.74) is 1.10. The van der Waals surface area contributed by atoms with Gasteiger partial charge in [0, 0.05) is 43.3 Å². The van der Waals surface area contributed by atoms with Gasteiger partial charge in [-0.05, 0) is 42.8 Å². The molecule has 0 radical (unpaired) electrons. The minimum atomic E-state index is -0.161. The number of para-hydroxylation sites is 1. The molecule has 0 atom stereocenters. The molecule has 1 aliphatic heterocycles. The highest BCUT2D eigenvalue weighted by Gasteiger charge is 2.21. The number of piperazine rings is 1. The monoisotopic (exact) mass is 449 g/mol. The summed E-state index contributed by atoms with van der Waals surface area (Å²) in [5, 5.41) is 3.95. The molecule has 0 unspecified atom stereocenters. The molecule has 0 aliphatic carbocycles. The average molecular weight is 450 g/mol. The molecule has 1 saturated heterocycles. The number of anilines is 1. The van der Waals surface area contributed by atoms with Crippen molar-refractivity contribution in [2.75, 3.05) is 44.2 Å². The Morgan fingerprint density at radius 2 is 1.67 bits per heavy atom. The van der Waals surface area contributed by atoms with Gasteiger partial charge in [-0.15, -0.1) is 0 Å². The number of hydrogen-bond donors (Lipinski definition) is 1. The van der Waals surface area contributed by atoms with Gasteiger partial charge < -0.3 is 19.9 Å². The Bertz CT molecular complexity index is 853. The number of halogens is 2. The Morgan fingerprint density at radius 3 is 2.37 bits per heavy atom. The number of amides is 2. The molecule has 8 heteroatoms. The summed E-state index contributed by atoms with van der Waals surface area (Å²) in [6, 6.07) is 14.9. The Hall–Kier alpha value is -2.44. The van der Waals surface area contributed by atoms with Gasteiger partial charge in [0.1, 0.15) is 5.75 Å². The second kappa shape index (κ2) is 11.1. The zero-order chi connectivity index (χ0) is 21.3. The van der Waals surface area contributed by atoms with Crippen LogP contribution in [0.25, 0.3) is 0 Å². The lowest BCUT2D eigenvalue weighted by molar-refractivity contribution is -0.133. The zero-order valence-electron chi connectivity index (χ0n) is 16.7. The van der Waals surface area contributed by atoms with Crippen LogP contribution >= 0.6 is 23.2 Å². The molecule has 2 amide bonds. The molecule has 2 aromatic rings. The number of nitrogens with one attached hydrogen (secondary N) is 1. The molecule has 1 heterocycles. The highest BCUT2D eigenvalue weighted by Crippen LogP contribution is 2.23. The van der Waals surface area contributed by atoms with Crippen LogP contribution in [0.2, 0.25) is 10.0 Å². The molecule has 1 aliphatic rings. The van der Waals surface area contributed by atoms with Crippen LogP contribution in [0.4, 0.5) is 5.69 Å². The van der Waals surface area contributed by atoms with Crippen molar-refractivity contribution in [1.82, 2.24) is 10.2 Å². The number of hydrogen-bond acceptors (Lipinski definition) is 4. The van der Waals surface area contributed by atoms with Crippen molar-refractivity contribution in [2.24, 2.45) is 0 Å². The Morgan fingerprint density at radius 1 is 0.967 bits per heavy atom. The molecule has 1 fully saturated rings. The number of carbonyl (C=O) groups is 2. The van der Waals surface area contributed by atoms with Crippen LogP contribution in [0.5, 0.6) is 5.75 Å². The van der Waals surface area contributed by atoms with E-state index in [0.29, 0.717) is 48.3 Å². The normalized spacial score (nSPS) is 13.8. The van der Waals surface area contributed by atoms with Gasteiger partial charge in [0.05, 0.1) is 18.2 Å². The fraction of sp³-hybridized carbons (Fsp3) is 0.364. The average Bonchev–Trinajstić information content (AvgIpc) is 2.77. The van der Waals surface area contributed by atoms with E-state index in [2.05, 4.69) is 10.2 Å². The highest BCUT2D eigenvalue weighted by molar-refractivity contribution is 6.32. The molecule has 0 aromatic heterocycles. The van der Waals surface area contributed by atoms with Crippen LogP contribution in [-0.2, 0) is 9.59 Å². The number of carbonyl (C=O) groups excluding carboxylic acids is 2. The van der Waals surface area contributed by atoms with Gasteiger partial charge in [0.2, 0.25) is 11.8 Å². The van der Waals surface area contributed by atoms with Gasteiger partial charge in [-0.3, -0.25) is 9.59 Å². The van der Waals surface area contributed by atoms with Crippen molar-refractivity contribution in [3.05, 3.63) is 58.6 Å². The van der Waals surface area contributed by atoms with Gasteiger partial charge in [0.25, 0.3) is 0 Å². The molecule has 160 valence electrons. The minimum absolute atomic E-state index is 0.0190. The van der Waals surface area contributed by atoms with Crippen LogP contribution in [0.3, 0.4) is 0 Å². The second-order valence-corrected chi connectivity index (χ2v) is 7.85. The third kappa shape index (κ3) is 6.54. The summed E-state index contributed by atoms with van der Waals surface area (Å²) in [6.45, 7) is 3.16. The van der Waals surface area contributed by atoms with E-state index in [-0.39, 0.29) is 18.4 Å². The number of nitrogens with zero attached hydrogens (tertiary/aromatic N) is 2. The Balaban J connectivity index is 1.31. The first-order valence-corrected chi connectivity index (χ1v) is 10.7. The lowest BCUT2D eigenvalue weighted by Crippen LogP contribution is -2.51. The zero-order valence-corrected chi connectivity index (χ0v) is 18.2. The van der Waals surface area contributed by atoms with Crippen molar-refractivity contribution >= 4 is 40.7 Å². The molecule has 0 spiro atoms. The number of rotatable bonds is 8. The van der Waals surface area contributed by atoms with Crippen molar-refractivity contribution in [2.45, 2.75) is 12.8 Å². The van der Waals surface area contributed by atoms with E-state index in [1.807, 2.05) is 36.4 Å². The van der Waals surface area contributed by atoms with Crippen LogP contribution in [0.15, 0.2) is 48.5 Å². The second-order valence-electron chi connectivity index (χ2n) is 7.00. The van der Waals surface area contributed by atoms with Crippen molar-refractivity contribution in [1.29, 1.82) is 0 Å². The first kappa shape index (κ1) is 22.2. The minimum Gasteiger partial charge on any atom is -0.492 e. The van der Waals surface area contributed by atoms with E-state index in [1.54, 1.807) is 17.0 Å². The first-order chi connectivity index (χ1) is 14.5. The standard InChI is InChI=1S/C22H25Cl2N3O3/c23-17-7-9-18(10-8-17)26-11-13-27(14-12-26)22(29)16-25-21(28)6-3-15-30-20-5-2-1-4-19(20)24/h1-2,4-5,7-10H,3,6,11-16H2,(H,25,28). The van der Waals surface area contributed by atoms with Crippen LogP contribution in [-0.4, -0.2) is 56.0 Å². The fourth-order valence-electron chi connectivity index (χ4n) is 3.22. The van der Waals surface area contributed by atoms with Crippen LogP contribution in [0.1, 0.15) is 12.8 Å². The Kier molecular flexibility index (Phi) is 8.22. The van der Waals surface area contributed by atoms with E-state index < -0.39 is 0 Å². The third-order valence-electron chi connectivity index (χ3n) is 4.90. The van der Waals surface area contributed by atoms with Crippen molar-refractivity contribution < 1.29 is 14.3 Å². The fourth-order valence-corrected chi connectivity index (χ4v) is 3.53. The molecule has 30 heavy (non-hydrogen) atoms. The van der Waals surface area contributed by atoms with Gasteiger partial charge in [-0.2, -0.15) is 0 Å². The third-order valence-corrected chi connectivity index (χ3v) is 5.47. The van der Waals surface area contributed by atoms with Gasteiger partial charge in [-0.1, -0.05) is 35.3 Å². The highest BCUT2D eigenvalue weighted by atomic mass is 35.5. The topological polar surface area (TPSA) is 61.9 Å². The van der Waals surface area contributed by atoms with Crippen LogP contribution in [0, 0.1) is 0 Å². The first-order valence-electron chi connectivity index (χ1n) is 9.95. The molecular formula is C22H25Cl2N3O3. The number of ether oxygens (including phenoxy) is 1. The van der Waals surface area contributed by atoms with E-state index in [0.717, 1.165) is 18.8 Å². The lowest BCUT2D eigenvalue weighted by atomic mass is 10.2. The largest absolute Gasteiger partial charge is 0.492 e. The summed E-state index contributed by atoms with van der Waals surface area (Å²) >= 11 is 12.0. The quantitative estimate of drug-likeness (QED) is 0.625. The lowest BCUT2D eigenvalue weighted by Gasteiger charge is -2.36. The predicted molar refractivity (Wildman–Crippen MR) is 119 cm³/mol. The summed E-state index contributed by atoms with van der Waals surface area (Å²) in [4.78, 5) is 28.4. The smallest absolute Gasteiger partial charge is 0.242 e. The van der Waals surface area contributed by atoms with E-state index in [1.165, 1.54) is 0 Å². The van der Waals surface area contributed by atoms with Crippen molar-refractivity contribution in [3.63, 3.8) is 0 Å². The number of benzene rings is 2. The SMILES string of the molecule is O=C(CCCOc1ccccc1Cl)NCC(=O)N1CCN(c2ccc(Cl)cc2)CC1. The predicted octanol–water partition coefficient (Wildman–Crippen LogP) is 3.62. The van der Waals surface area contributed by atoms with E-state index >= 15 is 0 Å². The van der Waals surface area contributed by atoms with Gasteiger partial charge >= 0.3 is 0 Å². The molecule has 0 bridgehead atoms. The van der Waals surface area contributed by atoms with Crippen LogP contribution < -0.4 is 15.0 Å². The molecule has 0 saturated carbocycles. The molecule has 3 rings (SSSR count). The van der Waals surface area contributed by atoms with Gasteiger partial charge in [-0.25, -0.2) is 0 Å². The summed E-state index contributed by atoms with van der Waals surface area (Å²) < 4.78 is 5.56. The van der Waals surface area contributed by atoms with Crippen molar-refractivity contribution in [3.8, 4) is 5.75 Å². The molecule has 1 N–H and O–H groups in total. The molecule has 2 aromatic carbocycles. The van der Waals surface area contributed by atoms with E-state index in [9.17, 15) is 9.59 Å². The molecular weight excluding hydrogens is 425 g/mol. The maximum atomic E-state index is 12.4. The maximum absolute atomic E-state index is 12.4. The summed E-state index contributed by atoms with van der Waals surface area (Å²) in [6.07, 6.45) is 0.840.